The first kappa shape index (κ1) is 5.42. The summed E-state index contributed by atoms with van der Waals surface area (Å²) in [6.07, 6.45) is 0. The van der Waals surface area contributed by atoms with Crippen LogP contribution in [-0.2, 0) is 4.74 Å². The predicted molar refractivity (Wildman–Crippen MR) is 29.5 cm³/mol. The molecule has 0 N–H and O–H groups in total. The first-order valence-electron chi connectivity index (χ1n) is 1.83. The topological polar surface area (TPSA) is 12.5 Å². The van der Waals surface area contributed by atoms with Gasteiger partial charge in [-0.2, -0.15) is 0 Å². The van der Waals surface area contributed by atoms with Gasteiger partial charge in [-0.25, -0.2) is 0 Å². The van der Waals surface area contributed by atoms with E-state index in [4.69, 9.17) is 27.9 Å². The van der Waals surface area contributed by atoms with Gasteiger partial charge in [-0.15, -0.1) is 0 Å². The summed E-state index contributed by atoms with van der Waals surface area (Å²) >= 11 is 10.9. The fraction of sp³-hybridized carbons (Fsp3) is 0.500. The molecular formula is C4H4Cl2O. The van der Waals surface area contributed by atoms with Crippen molar-refractivity contribution in [3.8, 4) is 0 Å². The average molecular weight is 139 g/mol. The first-order valence-corrected chi connectivity index (χ1v) is 2.58. The minimum absolute atomic E-state index is 0.370. The molecule has 0 aromatic carbocycles. The van der Waals surface area contributed by atoms with Crippen LogP contribution in [0.15, 0.2) is 11.6 Å². The lowest BCUT2D eigenvalue weighted by Gasteiger charge is -1.92. The summed E-state index contributed by atoms with van der Waals surface area (Å²) in [7, 11) is 0. The fourth-order valence-electron chi connectivity index (χ4n) is 0.220. The van der Waals surface area contributed by atoms with Gasteiger partial charge in [-0.1, -0.05) is 29.8 Å². The number of alkyl halides is 1. The molecule has 1 nitrogen and oxygen atoms in total. The van der Waals surface area contributed by atoms with Gasteiger partial charge in [-0.3, -0.25) is 0 Å². The largest absolute Gasteiger partial charge is 0.348 e. The third-order valence-corrected chi connectivity index (χ3v) is 1.65. The maximum atomic E-state index is 5.53. The molecule has 1 heterocycles. The second-order valence-electron chi connectivity index (χ2n) is 1.42. The van der Waals surface area contributed by atoms with Crippen molar-refractivity contribution in [2.75, 3.05) is 6.61 Å². The highest BCUT2D eigenvalue weighted by molar-refractivity contribution is 6.39. The first-order chi connectivity index (χ1) is 3.15. The molecule has 0 aromatic rings. The zero-order valence-corrected chi connectivity index (χ0v) is 5.09. The predicted octanol–water partition coefficient (Wildman–Crippen LogP) is 1.70. The van der Waals surface area contributed by atoms with Crippen LogP contribution in [0.5, 0.6) is 0 Å². The number of hydrogen-bond donors (Lipinski definition) is 0. The van der Waals surface area contributed by atoms with Gasteiger partial charge in [0.15, 0.2) is 0 Å². The summed E-state index contributed by atoms with van der Waals surface area (Å²) in [6.45, 7) is 3.89. The molecule has 0 spiro atoms. The van der Waals surface area contributed by atoms with Crippen molar-refractivity contribution in [2.24, 2.45) is 0 Å². The molecular weight excluding hydrogens is 135 g/mol. The van der Waals surface area contributed by atoms with Crippen molar-refractivity contribution in [1.82, 2.24) is 0 Å². The molecule has 1 unspecified atom stereocenters. The Bertz CT molecular complexity index is 106. The van der Waals surface area contributed by atoms with Crippen LogP contribution in [0.4, 0.5) is 0 Å². The Labute approximate surface area is 51.9 Å². The fourth-order valence-corrected chi connectivity index (χ4v) is 0.384. The van der Waals surface area contributed by atoms with Gasteiger partial charge in [0, 0.05) is 0 Å². The Balaban J connectivity index is 2.55. The van der Waals surface area contributed by atoms with Crippen LogP contribution in [0.25, 0.3) is 0 Å². The van der Waals surface area contributed by atoms with Crippen LogP contribution >= 0.6 is 23.2 Å². The zero-order valence-electron chi connectivity index (χ0n) is 3.58. The summed E-state index contributed by atoms with van der Waals surface area (Å²) in [5, 5.41) is -0.337. The van der Waals surface area contributed by atoms with Gasteiger partial charge in [-0.05, 0) is 0 Å². The van der Waals surface area contributed by atoms with Crippen molar-refractivity contribution in [3.63, 3.8) is 0 Å². The zero-order chi connectivity index (χ0) is 5.49. The Morgan fingerprint density at radius 2 is 2.29 bits per heavy atom. The second kappa shape index (κ2) is 1.38. The van der Waals surface area contributed by atoms with Gasteiger partial charge < -0.3 is 4.74 Å². The van der Waals surface area contributed by atoms with Crippen LogP contribution < -0.4 is 0 Å². The number of halogens is 2. The van der Waals surface area contributed by atoms with E-state index in [-0.39, 0.29) is 0 Å². The van der Waals surface area contributed by atoms with E-state index in [1.807, 2.05) is 0 Å². The van der Waals surface area contributed by atoms with Crippen LogP contribution in [-0.4, -0.2) is 11.7 Å². The van der Waals surface area contributed by atoms with E-state index >= 15 is 0 Å². The Kier molecular flexibility index (Phi) is 1.06. The molecule has 3 heteroatoms. The number of epoxide rings is 1. The van der Waals surface area contributed by atoms with E-state index in [1.165, 1.54) is 0 Å². The van der Waals surface area contributed by atoms with Crippen molar-refractivity contribution in [1.29, 1.82) is 0 Å². The van der Waals surface area contributed by atoms with E-state index in [1.54, 1.807) is 0 Å². The third-order valence-electron chi connectivity index (χ3n) is 0.803. The lowest BCUT2D eigenvalue weighted by atomic mass is 10.5. The van der Waals surface area contributed by atoms with Crippen LogP contribution in [0.1, 0.15) is 0 Å². The highest BCUT2D eigenvalue weighted by atomic mass is 35.5. The molecule has 1 rings (SSSR count). The van der Waals surface area contributed by atoms with Gasteiger partial charge in [0.2, 0.25) is 5.06 Å². The van der Waals surface area contributed by atoms with E-state index in [2.05, 4.69) is 6.58 Å². The van der Waals surface area contributed by atoms with Crippen molar-refractivity contribution >= 4 is 23.2 Å². The molecule has 1 aliphatic heterocycles. The van der Waals surface area contributed by atoms with Crippen LogP contribution in [0.2, 0.25) is 0 Å². The second-order valence-corrected chi connectivity index (χ2v) is 2.49. The van der Waals surface area contributed by atoms with Gasteiger partial charge in [0.1, 0.15) is 0 Å². The molecule has 40 valence electrons. The SMILES string of the molecule is C=C(Cl)C1(Cl)CO1. The van der Waals surface area contributed by atoms with Gasteiger partial charge in [0.25, 0.3) is 0 Å². The van der Waals surface area contributed by atoms with Crippen LogP contribution in [0, 0.1) is 0 Å². The molecule has 1 fully saturated rings. The molecule has 0 aliphatic carbocycles. The maximum Gasteiger partial charge on any atom is 0.200 e. The number of hydrogen-bond acceptors (Lipinski definition) is 1. The molecule has 7 heavy (non-hydrogen) atoms. The lowest BCUT2D eigenvalue weighted by molar-refractivity contribution is 0.414. The van der Waals surface area contributed by atoms with Crippen molar-refractivity contribution in [2.45, 2.75) is 5.06 Å². The normalized spacial score (nSPS) is 38.0. The number of rotatable bonds is 1. The number of ether oxygens (including phenoxy) is 1. The summed E-state index contributed by atoms with van der Waals surface area (Å²) in [5.41, 5.74) is 0. The Morgan fingerprint density at radius 3 is 2.29 bits per heavy atom. The minimum Gasteiger partial charge on any atom is -0.348 e. The molecule has 1 aliphatic rings. The minimum atomic E-state index is -0.707. The lowest BCUT2D eigenvalue weighted by Crippen LogP contribution is -1.96. The standard InChI is InChI=1S/C4H4Cl2O/c1-3(5)4(6)2-7-4/h1-2H2. The van der Waals surface area contributed by atoms with E-state index in [0.29, 0.717) is 11.6 Å². The summed E-state index contributed by atoms with van der Waals surface area (Å²) in [6, 6.07) is 0. The van der Waals surface area contributed by atoms with Crippen LogP contribution in [0.3, 0.4) is 0 Å². The summed E-state index contributed by atoms with van der Waals surface area (Å²) in [4.78, 5) is 0. The smallest absolute Gasteiger partial charge is 0.200 e. The van der Waals surface area contributed by atoms with Crippen molar-refractivity contribution < 1.29 is 4.74 Å². The van der Waals surface area contributed by atoms with Gasteiger partial charge >= 0.3 is 0 Å². The Morgan fingerprint density at radius 1 is 1.86 bits per heavy atom. The molecule has 0 radical (unpaired) electrons. The van der Waals surface area contributed by atoms with Gasteiger partial charge in [0.05, 0.1) is 11.6 Å². The molecule has 0 bridgehead atoms. The average Bonchev–Trinajstić information content (AvgIpc) is 2.21. The quantitative estimate of drug-likeness (QED) is 0.397. The molecule has 1 atom stereocenters. The molecule has 1 saturated heterocycles. The Hall–Kier alpha value is 0.280. The summed E-state index contributed by atoms with van der Waals surface area (Å²) < 4.78 is 4.69. The highest BCUT2D eigenvalue weighted by Crippen LogP contribution is 2.40. The monoisotopic (exact) mass is 138 g/mol. The highest BCUT2D eigenvalue weighted by Gasteiger charge is 2.44. The van der Waals surface area contributed by atoms with Crippen molar-refractivity contribution in [3.05, 3.63) is 11.6 Å². The summed E-state index contributed by atoms with van der Waals surface area (Å²) in [5.74, 6) is 0. The third kappa shape index (κ3) is 0.904. The van der Waals surface area contributed by atoms with E-state index in [9.17, 15) is 0 Å². The maximum absolute atomic E-state index is 5.53. The molecule has 0 amide bonds. The van der Waals surface area contributed by atoms with E-state index < -0.39 is 5.06 Å². The van der Waals surface area contributed by atoms with E-state index in [0.717, 1.165) is 0 Å². The molecule has 0 saturated carbocycles. The molecule has 0 aromatic heterocycles.